The molecule has 0 aromatic heterocycles. The summed E-state index contributed by atoms with van der Waals surface area (Å²) in [6.45, 7) is 3.81. The Morgan fingerprint density at radius 1 is 0.857 bits per heavy atom. The first-order chi connectivity index (χ1) is 20.0. The Kier molecular flexibility index (Phi) is 6.07. The quantitative estimate of drug-likeness (QED) is 0.267. The van der Waals surface area contributed by atoms with Crippen LogP contribution in [0.5, 0.6) is 11.5 Å². The number of fused-ring (bicyclic) bond motifs is 1. The van der Waals surface area contributed by atoms with Gasteiger partial charge in [-0.3, -0.25) is 29.0 Å². The Bertz CT molecular complexity index is 1740. The fourth-order valence-corrected chi connectivity index (χ4v) is 6.32. The van der Waals surface area contributed by atoms with Gasteiger partial charge in [-0.2, -0.15) is 0 Å². The molecule has 1 saturated heterocycles. The van der Waals surface area contributed by atoms with Crippen LogP contribution in [0.4, 0.5) is 11.4 Å². The summed E-state index contributed by atoms with van der Waals surface area (Å²) in [5.41, 5.74) is -2.74. The van der Waals surface area contributed by atoms with E-state index >= 15 is 4.79 Å². The number of aliphatic hydroxyl groups is 1. The highest BCUT2D eigenvalue weighted by molar-refractivity contribution is 6.56. The summed E-state index contributed by atoms with van der Waals surface area (Å²) in [5.74, 6) is -3.95. The maximum absolute atomic E-state index is 15.1. The molecule has 0 saturated carbocycles. The second-order valence-corrected chi connectivity index (χ2v) is 11.4. The number of para-hydroxylation sites is 2. The van der Waals surface area contributed by atoms with Gasteiger partial charge in [-0.05, 0) is 48.2 Å². The van der Waals surface area contributed by atoms with Crippen molar-refractivity contribution in [3.05, 3.63) is 101 Å². The number of hydrogen-bond donors (Lipinski definition) is 2. The molecule has 2 heterocycles. The minimum atomic E-state index is -2.37. The van der Waals surface area contributed by atoms with Crippen LogP contribution in [0.2, 0.25) is 0 Å². The number of phenols is 1. The van der Waals surface area contributed by atoms with E-state index in [1.54, 1.807) is 48.5 Å². The van der Waals surface area contributed by atoms with Gasteiger partial charge in [-0.25, -0.2) is 0 Å². The van der Waals surface area contributed by atoms with E-state index in [9.17, 15) is 24.6 Å². The third-order valence-electron chi connectivity index (χ3n) is 8.06. The Morgan fingerprint density at radius 2 is 1.50 bits per heavy atom. The molecule has 1 spiro atoms. The van der Waals surface area contributed by atoms with Gasteiger partial charge in [0.05, 0.1) is 23.9 Å². The van der Waals surface area contributed by atoms with Crippen molar-refractivity contribution in [2.45, 2.75) is 32.2 Å². The van der Waals surface area contributed by atoms with Crippen molar-refractivity contribution in [2.24, 2.45) is 5.41 Å². The molecule has 1 aliphatic carbocycles. The zero-order valence-corrected chi connectivity index (χ0v) is 23.2. The summed E-state index contributed by atoms with van der Waals surface area (Å²) >= 11 is 0. The number of benzene rings is 3. The predicted molar refractivity (Wildman–Crippen MR) is 155 cm³/mol. The predicted octanol–water partition coefficient (Wildman–Crippen LogP) is 4.71. The van der Waals surface area contributed by atoms with E-state index in [0.717, 1.165) is 4.90 Å². The van der Waals surface area contributed by atoms with Crippen molar-refractivity contribution < 1.29 is 34.1 Å². The molecule has 3 aromatic rings. The van der Waals surface area contributed by atoms with E-state index in [1.807, 2.05) is 13.8 Å². The summed E-state index contributed by atoms with van der Waals surface area (Å²) in [6, 6.07) is 20.5. The number of allylic oxidation sites excluding steroid dienone is 1. The van der Waals surface area contributed by atoms with Gasteiger partial charge in [-0.15, -0.1) is 0 Å². The van der Waals surface area contributed by atoms with Crippen LogP contribution < -0.4 is 14.5 Å². The van der Waals surface area contributed by atoms with Gasteiger partial charge in [0.2, 0.25) is 0 Å². The van der Waals surface area contributed by atoms with Crippen LogP contribution in [0.15, 0.2) is 95.7 Å². The lowest BCUT2D eigenvalue weighted by atomic mass is 9.70. The maximum Gasteiger partial charge on any atom is 0.300 e. The van der Waals surface area contributed by atoms with E-state index in [1.165, 1.54) is 42.3 Å². The van der Waals surface area contributed by atoms with Gasteiger partial charge in [-0.1, -0.05) is 56.3 Å². The van der Waals surface area contributed by atoms with Crippen molar-refractivity contribution in [2.75, 3.05) is 16.9 Å². The van der Waals surface area contributed by atoms with Crippen LogP contribution in [0.3, 0.4) is 0 Å². The van der Waals surface area contributed by atoms with E-state index < -0.39 is 45.7 Å². The highest BCUT2D eigenvalue weighted by Crippen LogP contribution is 2.57. The number of aliphatic hydroxyl groups excluding tert-OH is 1. The minimum Gasteiger partial charge on any atom is -0.507 e. The van der Waals surface area contributed by atoms with E-state index in [4.69, 9.17) is 4.74 Å². The second-order valence-electron chi connectivity index (χ2n) is 11.4. The number of phenolic OH excluding ortho intramolecular Hbond substituents is 1. The molecule has 2 aliphatic heterocycles. The van der Waals surface area contributed by atoms with Gasteiger partial charge in [0.25, 0.3) is 11.7 Å². The largest absolute Gasteiger partial charge is 0.507 e. The first-order valence-electron chi connectivity index (χ1n) is 13.4. The van der Waals surface area contributed by atoms with Crippen LogP contribution in [0, 0.1) is 5.41 Å². The molecular formula is C33H28N2O7. The molecule has 0 bridgehead atoms. The zero-order chi connectivity index (χ0) is 30.0. The average Bonchev–Trinajstić information content (AvgIpc) is 3.34. The molecule has 1 unspecified atom stereocenters. The van der Waals surface area contributed by atoms with E-state index in [0.29, 0.717) is 17.1 Å². The lowest BCUT2D eigenvalue weighted by molar-refractivity contribution is -0.132. The van der Waals surface area contributed by atoms with Gasteiger partial charge < -0.3 is 14.9 Å². The smallest absolute Gasteiger partial charge is 0.300 e. The van der Waals surface area contributed by atoms with E-state index in [-0.39, 0.29) is 35.4 Å². The first kappa shape index (κ1) is 27.0. The number of hydrogen-bond acceptors (Lipinski definition) is 7. The number of amides is 2. The SMILES string of the molecule is COc1ccc(N2C(=O)C3(C4=C2CC(C)(C)CC4=O)/C(=C(\O)c2ccccc2)C(=O)C(=O)N3c2ccccc2O)cc1. The minimum absolute atomic E-state index is 0.0354. The number of carbonyl (C=O) groups is 4. The van der Waals surface area contributed by atoms with Crippen LogP contribution in [-0.4, -0.2) is 46.2 Å². The molecule has 2 amide bonds. The summed E-state index contributed by atoms with van der Waals surface area (Å²) in [4.78, 5) is 59.4. The van der Waals surface area contributed by atoms with Crippen molar-refractivity contribution in [3.8, 4) is 11.5 Å². The van der Waals surface area contributed by atoms with Gasteiger partial charge >= 0.3 is 5.91 Å². The zero-order valence-electron chi connectivity index (χ0n) is 23.2. The lowest BCUT2D eigenvalue weighted by Crippen LogP contribution is -2.56. The molecule has 0 radical (unpaired) electrons. The molecular weight excluding hydrogens is 536 g/mol. The highest BCUT2D eigenvalue weighted by Gasteiger charge is 2.71. The molecule has 9 heteroatoms. The topological polar surface area (TPSA) is 124 Å². The Morgan fingerprint density at radius 3 is 2.14 bits per heavy atom. The molecule has 212 valence electrons. The Labute approximate surface area is 241 Å². The van der Waals surface area contributed by atoms with Crippen molar-refractivity contribution >= 4 is 40.5 Å². The third kappa shape index (κ3) is 3.69. The number of anilines is 2. The van der Waals surface area contributed by atoms with Crippen LogP contribution in [0.25, 0.3) is 5.76 Å². The molecule has 3 aliphatic rings. The molecule has 1 atom stereocenters. The van der Waals surface area contributed by atoms with Crippen LogP contribution in [0.1, 0.15) is 32.3 Å². The maximum atomic E-state index is 15.1. The Hall–Kier alpha value is -5.18. The standard InChI is InChI=1S/C33H28N2O7/c1-32(2)17-23-26(25(37)18-32)33(31(41)34(23)20-13-15-21(42-3)16-14-20)27(28(38)19-9-5-4-6-10-19)29(39)30(40)35(33)22-11-7-8-12-24(22)36/h4-16,36,38H,17-18H2,1-3H3/b28-27-. The summed E-state index contributed by atoms with van der Waals surface area (Å²) < 4.78 is 5.29. The first-order valence-corrected chi connectivity index (χ1v) is 13.4. The number of methoxy groups -OCH3 is 1. The summed E-state index contributed by atoms with van der Waals surface area (Å²) in [5, 5.41) is 22.6. The molecule has 3 aromatic carbocycles. The highest BCUT2D eigenvalue weighted by atomic mass is 16.5. The number of ether oxygens (including phenoxy) is 1. The number of aromatic hydroxyl groups is 1. The molecule has 42 heavy (non-hydrogen) atoms. The second kappa shape index (κ2) is 9.44. The van der Waals surface area contributed by atoms with E-state index in [2.05, 4.69) is 0 Å². The average molecular weight is 565 g/mol. The van der Waals surface area contributed by atoms with Crippen LogP contribution in [-0.2, 0) is 19.2 Å². The van der Waals surface area contributed by atoms with Crippen molar-refractivity contribution in [1.29, 1.82) is 0 Å². The normalized spacial score (nSPS) is 22.7. The fraction of sp³-hybridized carbons (Fsp3) is 0.212. The number of nitrogens with zero attached hydrogens (tertiary/aromatic N) is 2. The number of ketones is 2. The number of Topliss-reactive ketones (excluding diaryl/α,β-unsaturated/α-hetero) is 2. The molecule has 1 fully saturated rings. The third-order valence-corrected chi connectivity index (χ3v) is 8.06. The Balaban J connectivity index is 1.75. The number of carbonyl (C=O) groups excluding carboxylic acids is 4. The van der Waals surface area contributed by atoms with Crippen molar-refractivity contribution in [1.82, 2.24) is 0 Å². The molecule has 6 rings (SSSR count). The van der Waals surface area contributed by atoms with Gasteiger partial charge in [0.15, 0.2) is 11.3 Å². The molecule has 2 N–H and O–H groups in total. The molecule has 9 nitrogen and oxygen atoms in total. The fourth-order valence-electron chi connectivity index (χ4n) is 6.32. The summed E-state index contributed by atoms with van der Waals surface area (Å²) in [6.07, 6.45) is 0.303. The number of rotatable bonds is 4. The summed E-state index contributed by atoms with van der Waals surface area (Å²) in [7, 11) is 1.51. The van der Waals surface area contributed by atoms with Crippen molar-refractivity contribution in [3.63, 3.8) is 0 Å². The van der Waals surface area contributed by atoms with Gasteiger partial charge in [0, 0.05) is 23.4 Å². The van der Waals surface area contributed by atoms with Gasteiger partial charge in [0.1, 0.15) is 17.3 Å². The monoisotopic (exact) mass is 564 g/mol. The van der Waals surface area contributed by atoms with Crippen LogP contribution >= 0.6 is 0 Å². The lowest BCUT2D eigenvalue weighted by Gasteiger charge is -2.37.